The van der Waals surface area contributed by atoms with Crippen molar-refractivity contribution in [3.8, 4) is 0 Å². The number of carbonyl (C=O) groups excluding carboxylic acids is 1. The second-order valence-corrected chi connectivity index (χ2v) is 8.41. The summed E-state index contributed by atoms with van der Waals surface area (Å²) in [6.07, 6.45) is 5.44. The minimum atomic E-state index is 0.0169. The highest BCUT2D eigenvalue weighted by Gasteiger charge is 2.37. The molecule has 0 unspecified atom stereocenters. The highest BCUT2D eigenvalue weighted by atomic mass is 32.1. The molecule has 1 saturated heterocycles. The molecule has 9 heteroatoms. The van der Waals surface area contributed by atoms with Crippen LogP contribution in [0.4, 0.5) is 5.82 Å². The minimum Gasteiger partial charge on any atom is -0.354 e. The van der Waals surface area contributed by atoms with Gasteiger partial charge in [0.05, 0.1) is 24.4 Å². The van der Waals surface area contributed by atoms with Crippen LogP contribution >= 0.6 is 11.3 Å². The number of amides is 1. The van der Waals surface area contributed by atoms with Crippen molar-refractivity contribution in [1.82, 2.24) is 29.8 Å². The summed E-state index contributed by atoms with van der Waals surface area (Å²) in [5, 5.41) is 10.9. The number of nitrogens with one attached hydrogen (secondary N) is 1. The van der Waals surface area contributed by atoms with Gasteiger partial charge in [-0.05, 0) is 13.0 Å². The van der Waals surface area contributed by atoms with Crippen molar-refractivity contribution in [2.24, 2.45) is 5.92 Å². The van der Waals surface area contributed by atoms with E-state index in [2.05, 4.69) is 20.3 Å². The van der Waals surface area contributed by atoms with E-state index in [9.17, 15) is 4.79 Å². The Morgan fingerprint density at radius 3 is 3.00 bits per heavy atom. The van der Waals surface area contributed by atoms with Crippen molar-refractivity contribution in [2.75, 3.05) is 38.1 Å². The molecule has 28 heavy (non-hydrogen) atoms. The molecular weight excluding hydrogens is 374 g/mol. The molecule has 5 heterocycles. The van der Waals surface area contributed by atoms with Crippen LogP contribution in [0.5, 0.6) is 0 Å². The monoisotopic (exact) mass is 397 g/mol. The summed E-state index contributed by atoms with van der Waals surface area (Å²) in [4.78, 5) is 26.0. The summed E-state index contributed by atoms with van der Waals surface area (Å²) in [7, 11) is 1.86. The lowest BCUT2D eigenvalue weighted by molar-refractivity contribution is -0.135. The lowest BCUT2D eigenvalue weighted by atomic mass is 9.97. The molecule has 146 valence electrons. The summed E-state index contributed by atoms with van der Waals surface area (Å²) >= 11 is 1.58. The number of thiazole rings is 1. The van der Waals surface area contributed by atoms with Gasteiger partial charge in [-0.15, -0.1) is 11.3 Å². The maximum Gasteiger partial charge on any atom is 0.229 e. The number of anilines is 1. The molecule has 0 bridgehead atoms. The molecule has 0 radical (unpaired) electrons. The zero-order chi connectivity index (χ0) is 19.1. The van der Waals surface area contributed by atoms with Crippen LogP contribution in [-0.4, -0.2) is 63.6 Å². The molecule has 3 aromatic heterocycles. The van der Waals surface area contributed by atoms with Crippen molar-refractivity contribution < 1.29 is 4.79 Å². The van der Waals surface area contributed by atoms with Crippen LogP contribution < -0.4 is 10.2 Å². The highest BCUT2D eigenvalue weighted by Crippen LogP contribution is 2.32. The topological polar surface area (TPSA) is 78.7 Å². The van der Waals surface area contributed by atoms with Crippen LogP contribution in [0.1, 0.15) is 16.3 Å². The van der Waals surface area contributed by atoms with E-state index >= 15 is 0 Å². The number of nitrogens with zero attached hydrogens (tertiary/aromatic N) is 6. The van der Waals surface area contributed by atoms with E-state index in [0.717, 1.165) is 61.2 Å². The number of carbonyl (C=O) groups is 1. The van der Waals surface area contributed by atoms with Crippen LogP contribution in [0.2, 0.25) is 0 Å². The fourth-order valence-corrected chi connectivity index (χ4v) is 4.74. The number of aromatic nitrogens is 4. The van der Waals surface area contributed by atoms with Gasteiger partial charge in [-0.3, -0.25) is 4.79 Å². The smallest absolute Gasteiger partial charge is 0.229 e. The Morgan fingerprint density at radius 2 is 2.18 bits per heavy atom. The van der Waals surface area contributed by atoms with Gasteiger partial charge in [0.1, 0.15) is 10.8 Å². The fourth-order valence-electron chi connectivity index (χ4n) is 4.07. The van der Waals surface area contributed by atoms with Gasteiger partial charge in [-0.25, -0.2) is 9.97 Å². The van der Waals surface area contributed by atoms with E-state index in [0.29, 0.717) is 6.54 Å². The molecule has 0 aromatic carbocycles. The number of hydrogen-bond donors (Lipinski definition) is 1. The molecule has 1 amide bonds. The van der Waals surface area contributed by atoms with Gasteiger partial charge in [0.2, 0.25) is 5.91 Å². The molecule has 1 N–H and O–H groups in total. The Labute approximate surface area is 167 Å². The molecule has 5 rings (SSSR count). The molecule has 2 aliphatic heterocycles. The number of fused-ring (bicyclic) bond motifs is 2. The van der Waals surface area contributed by atoms with E-state index in [1.165, 1.54) is 5.56 Å². The third-order valence-corrected chi connectivity index (χ3v) is 6.31. The van der Waals surface area contributed by atoms with Crippen molar-refractivity contribution in [3.63, 3.8) is 0 Å². The molecule has 0 atom stereocenters. The van der Waals surface area contributed by atoms with Gasteiger partial charge < -0.3 is 15.1 Å². The van der Waals surface area contributed by atoms with E-state index in [1.807, 2.05) is 23.0 Å². The lowest BCUT2D eigenvalue weighted by Crippen LogP contribution is -2.54. The Kier molecular flexibility index (Phi) is 4.48. The largest absolute Gasteiger partial charge is 0.354 e. The minimum absolute atomic E-state index is 0.0169. The fraction of sp³-hybridized carbons (Fsp3) is 0.474. The van der Waals surface area contributed by atoms with Crippen LogP contribution in [-0.2, 0) is 24.2 Å². The summed E-state index contributed by atoms with van der Waals surface area (Å²) in [5.74, 6) is 1.31. The first-order valence-electron chi connectivity index (χ1n) is 9.65. The molecule has 3 aromatic rings. The molecule has 8 nitrogen and oxygen atoms in total. The first kappa shape index (κ1) is 17.6. The van der Waals surface area contributed by atoms with Gasteiger partial charge in [-0.2, -0.15) is 9.61 Å². The molecular formula is C19H23N7OS. The second-order valence-electron chi connectivity index (χ2n) is 7.43. The lowest BCUT2D eigenvalue weighted by Gasteiger charge is -2.42. The molecule has 2 aliphatic rings. The van der Waals surface area contributed by atoms with Gasteiger partial charge in [0.25, 0.3) is 0 Å². The van der Waals surface area contributed by atoms with Crippen molar-refractivity contribution in [3.05, 3.63) is 40.1 Å². The third kappa shape index (κ3) is 3.04. The van der Waals surface area contributed by atoms with E-state index in [4.69, 9.17) is 4.98 Å². The maximum absolute atomic E-state index is 12.8. The average molecular weight is 398 g/mol. The van der Waals surface area contributed by atoms with Crippen LogP contribution in [0.15, 0.2) is 23.8 Å². The second kappa shape index (κ2) is 7.14. The van der Waals surface area contributed by atoms with Gasteiger partial charge in [-0.1, -0.05) is 0 Å². The molecule has 0 spiro atoms. The SMILES string of the molecule is CN(Cc1nccs1)C(=O)C1CN(c2c3c(nc4ccnn24)CCNCC3)C1. The number of hydrogen-bond acceptors (Lipinski definition) is 7. The Hall–Kier alpha value is -2.52. The van der Waals surface area contributed by atoms with E-state index < -0.39 is 0 Å². The van der Waals surface area contributed by atoms with Crippen molar-refractivity contribution in [1.29, 1.82) is 0 Å². The maximum atomic E-state index is 12.8. The molecule has 1 fully saturated rings. The highest BCUT2D eigenvalue weighted by molar-refractivity contribution is 7.09. The Morgan fingerprint density at radius 1 is 1.32 bits per heavy atom. The summed E-state index contributed by atoms with van der Waals surface area (Å²) in [5.41, 5.74) is 3.30. The van der Waals surface area contributed by atoms with Crippen LogP contribution in [0, 0.1) is 5.92 Å². The zero-order valence-electron chi connectivity index (χ0n) is 15.8. The van der Waals surface area contributed by atoms with Crippen molar-refractivity contribution in [2.45, 2.75) is 19.4 Å². The predicted molar refractivity (Wildman–Crippen MR) is 108 cm³/mol. The summed E-state index contributed by atoms with van der Waals surface area (Å²) in [6, 6.07) is 1.95. The normalized spacial score (nSPS) is 17.2. The van der Waals surface area contributed by atoms with Gasteiger partial charge in [0.15, 0.2) is 5.65 Å². The standard InChI is InChI=1S/C19H23N7OS/c1-24(12-17-21-8-9-28-17)19(27)13-10-25(11-13)18-14-2-5-20-6-3-15(14)23-16-4-7-22-26(16)18/h4,7-9,13,20H,2-3,5-6,10-12H2,1H3. The quantitative estimate of drug-likeness (QED) is 0.707. The summed E-state index contributed by atoms with van der Waals surface area (Å²) in [6.45, 7) is 3.92. The zero-order valence-corrected chi connectivity index (χ0v) is 16.7. The van der Waals surface area contributed by atoms with E-state index in [1.54, 1.807) is 28.6 Å². The van der Waals surface area contributed by atoms with Gasteiger partial charge in [0, 0.05) is 56.3 Å². The van der Waals surface area contributed by atoms with Gasteiger partial charge >= 0.3 is 0 Å². The predicted octanol–water partition coefficient (Wildman–Crippen LogP) is 0.969. The van der Waals surface area contributed by atoms with Crippen LogP contribution in [0.3, 0.4) is 0 Å². The first-order chi connectivity index (χ1) is 13.7. The first-order valence-corrected chi connectivity index (χ1v) is 10.5. The van der Waals surface area contributed by atoms with Crippen LogP contribution in [0.25, 0.3) is 5.65 Å². The third-order valence-electron chi connectivity index (χ3n) is 5.54. The van der Waals surface area contributed by atoms with E-state index in [-0.39, 0.29) is 11.8 Å². The summed E-state index contributed by atoms with van der Waals surface area (Å²) < 4.78 is 1.93. The molecule has 0 saturated carbocycles. The van der Waals surface area contributed by atoms with Crippen molar-refractivity contribution >= 4 is 28.7 Å². The number of rotatable bonds is 4. The Balaban J connectivity index is 1.36. The molecule has 0 aliphatic carbocycles. The average Bonchev–Trinajstić information content (AvgIpc) is 3.27. The Bertz CT molecular complexity index is 993.